The SMILES string of the molecule is CCCCCCc1ccc(C(=O)OO[CH]CC(C)(C)OC)cc1. The van der Waals surface area contributed by atoms with Gasteiger partial charge in [0.05, 0.1) is 11.2 Å². The van der Waals surface area contributed by atoms with Crippen LogP contribution in [0.5, 0.6) is 0 Å². The van der Waals surface area contributed by atoms with E-state index in [2.05, 4.69) is 6.92 Å². The molecule has 0 aliphatic rings. The maximum atomic E-state index is 11.9. The second kappa shape index (κ2) is 10.4. The number of unbranched alkanes of at least 4 members (excludes halogenated alkanes) is 3. The summed E-state index contributed by atoms with van der Waals surface area (Å²) < 4.78 is 5.24. The largest absolute Gasteiger partial charge is 0.379 e. The minimum absolute atomic E-state index is 0.341. The lowest BCUT2D eigenvalue weighted by atomic mass is 10.0. The first-order valence-corrected chi connectivity index (χ1v) is 8.32. The van der Waals surface area contributed by atoms with E-state index in [4.69, 9.17) is 14.5 Å². The fourth-order valence-electron chi connectivity index (χ4n) is 2.01. The summed E-state index contributed by atoms with van der Waals surface area (Å²) in [6.45, 7) is 7.49. The number of aryl methyl sites for hydroxylation is 1. The molecule has 0 spiro atoms. The van der Waals surface area contributed by atoms with Gasteiger partial charge in [-0.15, -0.1) is 0 Å². The molecule has 4 nitrogen and oxygen atoms in total. The van der Waals surface area contributed by atoms with Crippen LogP contribution >= 0.6 is 0 Å². The summed E-state index contributed by atoms with van der Waals surface area (Å²) in [7, 11) is 1.63. The molecule has 4 heteroatoms. The molecular weight excluding hydrogens is 292 g/mol. The zero-order valence-electron chi connectivity index (χ0n) is 14.8. The second-order valence-electron chi connectivity index (χ2n) is 6.31. The Morgan fingerprint density at radius 3 is 2.43 bits per heavy atom. The zero-order valence-corrected chi connectivity index (χ0v) is 14.8. The normalized spacial score (nSPS) is 11.5. The summed E-state index contributed by atoms with van der Waals surface area (Å²) in [6, 6.07) is 7.50. The van der Waals surface area contributed by atoms with Crippen molar-refractivity contribution in [1.29, 1.82) is 0 Å². The topological polar surface area (TPSA) is 44.8 Å². The van der Waals surface area contributed by atoms with E-state index < -0.39 is 5.97 Å². The highest BCUT2D eigenvalue weighted by atomic mass is 17.2. The van der Waals surface area contributed by atoms with Crippen LogP contribution in [0.25, 0.3) is 0 Å². The van der Waals surface area contributed by atoms with Crippen molar-refractivity contribution in [3.05, 3.63) is 42.0 Å². The molecule has 23 heavy (non-hydrogen) atoms. The third kappa shape index (κ3) is 8.14. The molecule has 0 fully saturated rings. The van der Waals surface area contributed by atoms with E-state index in [0.29, 0.717) is 12.0 Å². The Morgan fingerprint density at radius 2 is 1.83 bits per heavy atom. The fourth-order valence-corrected chi connectivity index (χ4v) is 2.01. The molecule has 0 heterocycles. The predicted octanol–water partition coefficient (Wildman–Crippen LogP) is 4.87. The Hall–Kier alpha value is -1.39. The molecule has 0 saturated heterocycles. The van der Waals surface area contributed by atoms with Crippen molar-refractivity contribution in [2.75, 3.05) is 7.11 Å². The Morgan fingerprint density at radius 1 is 1.13 bits per heavy atom. The summed E-state index contributed by atoms with van der Waals surface area (Å²) in [5, 5.41) is 0. The highest BCUT2D eigenvalue weighted by molar-refractivity contribution is 5.88. The van der Waals surface area contributed by atoms with Crippen LogP contribution in [0.15, 0.2) is 24.3 Å². The first-order chi connectivity index (χ1) is 11.0. The molecule has 0 aliphatic heterocycles. The Labute approximate surface area is 140 Å². The van der Waals surface area contributed by atoms with Crippen LogP contribution in [0, 0.1) is 6.61 Å². The van der Waals surface area contributed by atoms with Crippen LogP contribution in [-0.2, 0) is 20.9 Å². The Balaban J connectivity index is 2.31. The second-order valence-corrected chi connectivity index (χ2v) is 6.31. The van der Waals surface area contributed by atoms with E-state index in [1.807, 2.05) is 26.0 Å². The van der Waals surface area contributed by atoms with Crippen molar-refractivity contribution >= 4 is 5.97 Å². The predicted molar refractivity (Wildman–Crippen MR) is 90.8 cm³/mol. The van der Waals surface area contributed by atoms with Crippen LogP contribution in [0.1, 0.15) is 68.8 Å². The van der Waals surface area contributed by atoms with Crippen molar-refractivity contribution in [2.45, 2.75) is 64.9 Å². The summed E-state index contributed by atoms with van der Waals surface area (Å²) >= 11 is 0. The molecule has 0 aromatic heterocycles. The lowest BCUT2D eigenvalue weighted by molar-refractivity contribution is -0.218. The van der Waals surface area contributed by atoms with Crippen molar-refractivity contribution in [2.24, 2.45) is 0 Å². The van der Waals surface area contributed by atoms with Gasteiger partial charge in [0.25, 0.3) is 0 Å². The van der Waals surface area contributed by atoms with E-state index >= 15 is 0 Å². The number of ether oxygens (including phenoxy) is 1. The van der Waals surface area contributed by atoms with Gasteiger partial charge in [-0.2, -0.15) is 4.89 Å². The molecule has 0 unspecified atom stereocenters. The molecule has 1 radical (unpaired) electrons. The van der Waals surface area contributed by atoms with E-state index in [0.717, 1.165) is 6.42 Å². The molecule has 0 N–H and O–H groups in total. The number of hydrogen-bond donors (Lipinski definition) is 0. The van der Waals surface area contributed by atoms with E-state index in [1.165, 1.54) is 37.9 Å². The first-order valence-electron chi connectivity index (χ1n) is 8.32. The number of carbonyl (C=O) groups is 1. The molecule has 0 bridgehead atoms. The number of carbonyl (C=O) groups excluding carboxylic acids is 1. The van der Waals surface area contributed by atoms with Gasteiger partial charge in [-0.25, -0.2) is 4.79 Å². The molecule has 0 atom stereocenters. The molecule has 1 aromatic rings. The average molecular weight is 321 g/mol. The van der Waals surface area contributed by atoms with Gasteiger partial charge < -0.3 is 4.74 Å². The van der Waals surface area contributed by atoms with Crippen LogP contribution in [0.2, 0.25) is 0 Å². The van der Waals surface area contributed by atoms with Crippen LogP contribution in [-0.4, -0.2) is 18.7 Å². The summed E-state index contributed by atoms with van der Waals surface area (Å²) in [5.74, 6) is -0.492. The highest BCUT2D eigenvalue weighted by Gasteiger charge is 2.17. The molecule has 0 aliphatic carbocycles. The molecule has 0 saturated carbocycles. The lowest BCUT2D eigenvalue weighted by Gasteiger charge is -2.21. The van der Waals surface area contributed by atoms with Crippen molar-refractivity contribution in [3.63, 3.8) is 0 Å². The molecule has 1 rings (SSSR count). The number of hydrogen-bond acceptors (Lipinski definition) is 4. The highest BCUT2D eigenvalue weighted by Crippen LogP contribution is 2.15. The van der Waals surface area contributed by atoms with Crippen LogP contribution < -0.4 is 0 Å². The molecular formula is C19H29O4. The maximum Gasteiger partial charge on any atom is 0.373 e. The Bertz CT molecular complexity index is 451. The smallest absolute Gasteiger partial charge is 0.373 e. The Kier molecular flexibility index (Phi) is 8.89. The molecule has 1 aromatic carbocycles. The standard InChI is InChI=1S/C19H29O4/c1-5-6-7-8-9-16-10-12-17(13-11-16)18(20)23-22-15-14-19(2,3)21-4/h10-13,15H,5-9,14H2,1-4H3. The van der Waals surface area contributed by atoms with Gasteiger partial charge in [0, 0.05) is 13.5 Å². The van der Waals surface area contributed by atoms with Crippen molar-refractivity contribution in [3.8, 4) is 0 Å². The minimum atomic E-state index is -0.492. The van der Waals surface area contributed by atoms with E-state index in [1.54, 1.807) is 19.2 Å². The lowest BCUT2D eigenvalue weighted by Crippen LogP contribution is -2.22. The average Bonchev–Trinajstić information content (AvgIpc) is 2.56. The van der Waals surface area contributed by atoms with Crippen molar-refractivity contribution < 1.29 is 19.3 Å². The molecule has 0 amide bonds. The van der Waals surface area contributed by atoms with Gasteiger partial charge in [-0.1, -0.05) is 38.3 Å². The first kappa shape index (κ1) is 19.7. The van der Waals surface area contributed by atoms with Gasteiger partial charge in [0.1, 0.15) is 6.61 Å². The minimum Gasteiger partial charge on any atom is -0.379 e. The van der Waals surface area contributed by atoms with Crippen LogP contribution in [0.3, 0.4) is 0 Å². The van der Waals surface area contributed by atoms with Gasteiger partial charge in [0.15, 0.2) is 0 Å². The maximum absolute atomic E-state index is 11.9. The number of rotatable bonds is 11. The van der Waals surface area contributed by atoms with E-state index in [-0.39, 0.29) is 5.60 Å². The van der Waals surface area contributed by atoms with Gasteiger partial charge in [0.2, 0.25) is 0 Å². The van der Waals surface area contributed by atoms with Crippen LogP contribution in [0.4, 0.5) is 0 Å². The quantitative estimate of drug-likeness (QED) is 0.331. The van der Waals surface area contributed by atoms with Gasteiger partial charge in [-0.3, -0.25) is 4.89 Å². The van der Waals surface area contributed by atoms with E-state index in [9.17, 15) is 4.79 Å². The summed E-state index contributed by atoms with van der Waals surface area (Å²) in [4.78, 5) is 21.5. The zero-order chi connectivity index (χ0) is 17.1. The van der Waals surface area contributed by atoms with Gasteiger partial charge in [-0.05, 0) is 44.4 Å². The van der Waals surface area contributed by atoms with Gasteiger partial charge >= 0.3 is 5.97 Å². The third-order valence-electron chi connectivity index (χ3n) is 3.83. The third-order valence-corrected chi connectivity index (χ3v) is 3.83. The summed E-state index contributed by atoms with van der Waals surface area (Å²) in [5.41, 5.74) is 1.39. The fraction of sp³-hybridized carbons (Fsp3) is 0.579. The number of methoxy groups -OCH3 is 1. The molecule has 129 valence electrons. The monoisotopic (exact) mass is 321 g/mol. The van der Waals surface area contributed by atoms with Crippen molar-refractivity contribution in [1.82, 2.24) is 0 Å². The summed E-state index contributed by atoms with van der Waals surface area (Å²) in [6.07, 6.45) is 6.52. The number of benzene rings is 1.